The summed E-state index contributed by atoms with van der Waals surface area (Å²) >= 11 is 0. The maximum absolute atomic E-state index is 14.1. The van der Waals surface area contributed by atoms with E-state index in [0.717, 1.165) is 11.6 Å². The van der Waals surface area contributed by atoms with E-state index in [4.69, 9.17) is 9.47 Å². The van der Waals surface area contributed by atoms with E-state index < -0.39 is 11.7 Å². The Morgan fingerprint density at radius 3 is 2.69 bits per heavy atom. The minimum atomic E-state index is -0.527. The molecule has 6 nitrogen and oxygen atoms in total. The lowest BCUT2D eigenvalue weighted by atomic mass is 10.2. The van der Waals surface area contributed by atoms with E-state index in [1.54, 1.807) is 24.3 Å². The number of anilines is 1. The van der Waals surface area contributed by atoms with Gasteiger partial charge in [0.1, 0.15) is 23.9 Å². The highest BCUT2D eigenvalue weighted by atomic mass is 19.1. The largest absolute Gasteiger partial charge is 0.491 e. The van der Waals surface area contributed by atoms with Crippen molar-refractivity contribution in [2.45, 2.75) is 0 Å². The molecular weight excluding hydrogens is 337 g/mol. The van der Waals surface area contributed by atoms with Gasteiger partial charge in [-0.15, -0.1) is 5.10 Å². The molecule has 0 bridgehead atoms. The van der Waals surface area contributed by atoms with Crippen molar-refractivity contribution in [1.29, 1.82) is 0 Å². The third kappa shape index (κ3) is 4.00. The molecule has 0 atom stereocenters. The number of hydrogen-bond donors (Lipinski definition) is 0. The van der Waals surface area contributed by atoms with Crippen molar-refractivity contribution in [2.75, 3.05) is 38.9 Å². The smallest absolute Gasteiger partial charge is 0.285 e. The second-order valence-corrected chi connectivity index (χ2v) is 6.00. The molecule has 3 rings (SSSR count). The SMILES string of the molecule is CN(C)CCOc1ccccc1C1=NN(c2ccccc2F)C(=O)CO1. The molecule has 0 spiro atoms. The van der Waals surface area contributed by atoms with Gasteiger partial charge in [0.25, 0.3) is 5.91 Å². The van der Waals surface area contributed by atoms with Crippen LogP contribution in [0.3, 0.4) is 0 Å². The fraction of sp³-hybridized carbons (Fsp3) is 0.263. The first-order chi connectivity index (χ1) is 12.6. The predicted octanol–water partition coefficient (Wildman–Crippen LogP) is 2.49. The van der Waals surface area contributed by atoms with E-state index in [-0.39, 0.29) is 18.2 Å². The Labute approximate surface area is 151 Å². The first-order valence-corrected chi connectivity index (χ1v) is 8.22. The normalized spacial score (nSPS) is 14.2. The zero-order valence-electron chi connectivity index (χ0n) is 14.7. The average molecular weight is 357 g/mol. The van der Waals surface area contributed by atoms with Crippen LogP contribution in [-0.2, 0) is 9.53 Å². The Morgan fingerprint density at radius 1 is 1.19 bits per heavy atom. The second-order valence-electron chi connectivity index (χ2n) is 6.00. The van der Waals surface area contributed by atoms with Gasteiger partial charge in [0.05, 0.1) is 5.56 Å². The van der Waals surface area contributed by atoms with Crippen LogP contribution in [0.25, 0.3) is 0 Å². The summed E-state index contributed by atoms with van der Waals surface area (Å²) in [5, 5.41) is 5.25. The van der Waals surface area contributed by atoms with E-state index in [1.807, 2.05) is 31.1 Å². The van der Waals surface area contributed by atoms with Gasteiger partial charge in [-0.05, 0) is 38.4 Å². The number of likely N-dealkylation sites (N-methyl/N-ethyl adjacent to an activating group) is 1. The maximum Gasteiger partial charge on any atom is 0.285 e. The molecule has 1 heterocycles. The minimum Gasteiger partial charge on any atom is -0.491 e. The van der Waals surface area contributed by atoms with Gasteiger partial charge >= 0.3 is 0 Å². The van der Waals surface area contributed by atoms with E-state index in [9.17, 15) is 9.18 Å². The lowest BCUT2D eigenvalue weighted by molar-refractivity contribution is -0.121. The number of ether oxygens (including phenoxy) is 2. The van der Waals surface area contributed by atoms with Gasteiger partial charge in [-0.2, -0.15) is 5.01 Å². The Morgan fingerprint density at radius 2 is 1.92 bits per heavy atom. The highest BCUT2D eigenvalue weighted by Crippen LogP contribution is 2.25. The number of benzene rings is 2. The number of rotatable bonds is 6. The van der Waals surface area contributed by atoms with Gasteiger partial charge in [0.15, 0.2) is 6.61 Å². The van der Waals surface area contributed by atoms with Crippen LogP contribution in [0, 0.1) is 5.82 Å². The molecule has 2 aromatic rings. The molecule has 136 valence electrons. The van der Waals surface area contributed by atoms with Gasteiger partial charge < -0.3 is 14.4 Å². The van der Waals surface area contributed by atoms with Crippen molar-refractivity contribution in [2.24, 2.45) is 5.10 Å². The Hall–Kier alpha value is -2.93. The number of para-hydroxylation sites is 2. The third-order valence-corrected chi connectivity index (χ3v) is 3.75. The summed E-state index contributed by atoms with van der Waals surface area (Å²) in [6.07, 6.45) is 0. The first-order valence-electron chi connectivity index (χ1n) is 8.22. The summed E-state index contributed by atoms with van der Waals surface area (Å²) in [4.78, 5) is 14.2. The molecule has 7 heteroatoms. The second kappa shape index (κ2) is 7.97. The molecule has 0 aliphatic carbocycles. The average Bonchev–Trinajstić information content (AvgIpc) is 2.63. The van der Waals surface area contributed by atoms with E-state index in [2.05, 4.69) is 5.10 Å². The van der Waals surface area contributed by atoms with Gasteiger partial charge in [0.2, 0.25) is 5.90 Å². The van der Waals surface area contributed by atoms with Crippen molar-refractivity contribution < 1.29 is 18.7 Å². The molecule has 1 aliphatic heterocycles. The lowest BCUT2D eigenvalue weighted by Gasteiger charge is -2.25. The molecule has 0 fully saturated rings. The maximum atomic E-state index is 14.1. The highest BCUT2D eigenvalue weighted by molar-refractivity contribution is 6.05. The monoisotopic (exact) mass is 357 g/mol. The topological polar surface area (TPSA) is 54.4 Å². The van der Waals surface area contributed by atoms with Crippen molar-refractivity contribution in [1.82, 2.24) is 4.90 Å². The Kier molecular flexibility index (Phi) is 5.48. The number of hydrazone groups is 1. The van der Waals surface area contributed by atoms with Crippen molar-refractivity contribution >= 4 is 17.5 Å². The van der Waals surface area contributed by atoms with Crippen LogP contribution in [0.15, 0.2) is 53.6 Å². The summed E-state index contributed by atoms with van der Waals surface area (Å²) in [6.45, 7) is 1.02. The lowest BCUT2D eigenvalue weighted by Crippen LogP contribution is -2.37. The third-order valence-electron chi connectivity index (χ3n) is 3.75. The summed E-state index contributed by atoms with van der Waals surface area (Å²) in [7, 11) is 3.92. The summed E-state index contributed by atoms with van der Waals surface area (Å²) in [5.41, 5.74) is 0.699. The highest BCUT2D eigenvalue weighted by Gasteiger charge is 2.27. The molecular formula is C19H20FN3O3. The van der Waals surface area contributed by atoms with Crippen LogP contribution in [0.5, 0.6) is 5.75 Å². The summed E-state index contributed by atoms with van der Waals surface area (Å²) < 4.78 is 25.4. The van der Waals surface area contributed by atoms with Crippen LogP contribution in [0.2, 0.25) is 0 Å². The number of nitrogens with zero attached hydrogens (tertiary/aromatic N) is 3. The Balaban J connectivity index is 1.90. The van der Waals surface area contributed by atoms with E-state index >= 15 is 0 Å². The summed E-state index contributed by atoms with van der Waals surface area (Å²) in [5.74, 6) is -0.157. The molecule has 1 amide bonds. The molecule has 26 heavy (non-hydrogen) atoms. The van der Waals surface area contributed by atoms with E-state index in [0.29, 0.717) is 17.9 Å². The van der Waals surface area contributed by atoms with Crippen molar-refractivity contribution in [3.8, 4) is 5.75 Å². The molecule has 0 unspecified atom stereocenters. The molecule has 1 aliphatic rings. The van der Waals surface area contributed by atoms with Gasteiger partial charge in [-0.3, -0.25) is 4.79 Å². The van der Waals surface area contributed by atoms with Crippen LogP contribution in [-0.4, -0.2) is 50.6 Å². The number of carbonyl (C=O) groups excluding carboxylic acids is 1. The van der Waals surface area contributed by atoms with Crippen LogP contribution >= 0.6 is 0 Å². The number of halogens is 1. The number of hydrogen-bond acceptors (Lipinski definition) is 5. The fourth-order valence-corrected chi connectivity index (χ4v) is 2.42. The van der Waals surface area contributed by atoms with Crippen LogP contribution in [0.4, 0.5) is 10.1 Å². The van der Waals surface area contributed by atoms with Crippen LogP contribution < -0.4 is 9.75 Å². The van der Waals surface area contributed by atoms with Gasteiger partial charge in [-0.25, -0.2) is 4.39 Å². The zero-order valence-corrected chi connectivity index (χ0v) is 14.7. The summed E-state index contributed by atoms with van der Waals surface area (Å²) in [6, 6.07) is 13.3. The number of amides is 1. The molecule has 0 saturated carbocycles. The van der Waals surface area contributed by atoms with E-state index in [1.165, 1.54) is 12.1 Å². The van der Waals surface area contributed by atoms with Gasteiger partial charge in [-0.1, -0.05) is 24.3 Å². The molecule has 2 aromatic carbocycles. The Bertz CT molecular complexity index is 823. The van der Waals surface area contributed by atoms with Crippen molar-refractivity contribution in [3.63, 3.8) is 0 Å². The zero-order chi connectivity index (χ0) is 18.5. The first kappa shape index (κ1) is 17.9. The molecule has 0 saturated heterocycles. The predicted molar refractivity (Wildman–Crippen MR) is 96.9 cm³/mol. The number of carbonyl (C=O) groups is 1. The quantitative estimate of drug-likeness (QED) is 0.797. The molecule has 0 aromatic heterocycles. The minimum absolute atomic E-state index is 0.0873. The standard InChI is InChI=1S/C19H20FN3O3/c1-22(2)11-12-25-17-10-6-3-7-14(17)19-21-23(18(24)13-26-19)16-9-5-4-8-15(16)20/h3-10H,11-13H2,1-2H3. The molecule has 0 N–H and O–H groups in total. The van der Waals surface area contributed by atoms with Gasteiger partial charge in [0, 0.05) is 6.54 Å². The fourth-order valence-electron chi connectivity index (χ4n) is 2.42. The molecule has 0 radical (unpaired) electrons. The van der Waals surface area contributed by atoms with Crippen molar-refractivity contribution in [3.05, 3.63) is 59.9 Å². The van der Waals surface area contributed by atoms with Crippen LogP contribution in [0.1, 0.15) is 5.56 Å².